The van der Waals surface area contributed by atoms with Gasteiger partial charge >= 0.3 is 29.6 Å². The van der Waals surface area contributed by atoms with Crippen LogP contribution in [-0.4, -0.2) is 21.8 Å². The van der Waals surface area contributed by atoms with Gasteiger partial charge in [-0.15, -0.1) is 0 Å². The Morgan fingerprint density at radius 2 is 1.65 bits per heavy atom. The van der Waals surface area contributed by atoms with Crippen LogP contribution in [0.15, 0.2) is 12.1 Å². The van der Waals surface area contributed by atoms with Crippen LogP contribution in [-0.2, 0) is 0 Å². The molecule has 0 radical (unpaired) electrons. The molecule has 0 amide bonds. The molecule has 1 rings (SSSR count). The number of nitro benzene ring substituents is 1. The number of nitro groups is 1. The van der Waals surface area contributed by atoms with E-state index in [0.717, 1.165) is 12.1 Å². The number of halogens is 2. The summed E-state index contributed by atoms with van der Waals surface area (Å²) in [6, 6.07) is 1.76. The van der Waals surface area contributed by atoms with Crippen molar-refractivity contribution >= 4 is 34.9 Å². The molecule has 0 saturated heterocycles. The average Bonchev–Trinajstić information content (AvgIpc) is 2.02. The molecule has 1 aromatic carbocycles. The van der Waals surface area contributed by atoms with Crippen molar-refractivity contribution in [3.63, 3.8) is 0 Å². The van der Waals surface area contributed by atoms with Gasteiger partial charge in [-0.3, -0.25) is 10.1 Å². The SMILES string of the molecule is O=C([O-])c1cc([N+](=O)[O-])c(Cl)cc1Cl.[Na+].[OH-].[OH-]. The number of benzene rings is 1. The Balaban J connectivity index is -0.000000653. The zero-order chi connectivity index (χ0) is 10.9. The molecule has 10 heteroatoms. The molecule has 0 unspecified atom stereocenters. The van der Waals surface area contributed by atoms with Gasteiger partial charge in [0.2, 0.25) is 0 Å². The summed E-state index contributed by atoms with van der Waals surface area (Å²) in [6.07, 6.45) is 0. The smallest absolute Gasteiger partial charge is 0.870 e. The molecule has 2 N–H and O–H groups in total. The minimum absolute atomic E-state index is 0. The van der Waals surface area contributed by atoms with Crippen LogP contribution in [0.2, 0.25) is 10.0 Å². The summed E-state index contributed by atoms with van der Waals surface area (Å²) in [5.41, 5.74) is -0.974. The molecule has 90 valence electrons. The zero-order valence-corrected chi connectivity index (χ0v) is 11.9. The molecule has 0 aromatic heterocycles. The zero-order valence-electron chi connectivity index (χ0n) is 8.39. The molecule has 0 fully saturated rings. The minimum atomic E-state index is -1.59. The van der Waals surface area contributed by atoms with Crippen molar-refractivity contribution in [3.8, 4) is 0 Å². The molecule has 0 spiro atoms. The Morgan fingerprint density at radius 3 is 2.00 bits per heavy atom. The molecular formula is C7H4Cl2NNaO6-2. The van der Waals surface area contributed by atoms with Crippen LogP contribution in [0.1, 0.15) is 10.4 Å². The monoisotopic (exact) mass is 291 g/mol. The Kier molecular flexibility index (Phi) is 11.1. The summed E-state index contributed by atoms with van der Waals surface area (Å²) in [4.78, 5) is 20.0. The van der Waals surface area contributed by atoms with E-state index in [2.05, 4.69) is 0 Å². The summed E-state index contributed by atoms with van der Waals surface area (Å²) < 4.78 is 0. The summed E-state index contributed by atoms with van der Waals surface area (Å²) in [5, 5.41) is 20.4. The van der Waals surface area contributed by atoms with Gasteiger partial charge in [-0.2, -0.15) is 0 Å². The molecule has 0 saturated carbocycles. The van der Waals surface area contributed by atoms with E-state index in [1.165, 1.54) is 0 Å². The number of aromatic carboxylic acids is 1. The van der Waals surface area contributed by atoms with Crippen molar-refractivity contribution in [1.82, 2.24) is 0 Å². The molecule has 0 aliphatic carbocycles. The van der Waals surface area contributed by atoms with E-state index < -0.39 is 22.1 Å². The van der Waals surface area contributed by atoms with Crippen molar-refractivity contribution in [1.29, 1.82) is 0 Å². The number of hydrogen-bond donors (Lipinski definition) is 0. The maximum Gasteiger partial charge on any atom is 1.00 e. The largest absolute Gasteiger partial charge is 1.00 e. The number of hydrogen-bond acceptors (Lipinski definition) is 6. The molecule has 0 bridgehead atoms. The van der Waals surface area contributed by atoms with Crippen LogP contribution in [0.3, 0.4) is 0 Å². The first-order valence-electron chi connectivity index (χ1n) is 3.28. The quantitative estimate of drug-likeness (QED) is 0.347. The van der Waals surface area contributed by atoms with Crippen LogP contribution in [0.5, 0.6) is 0 Å². The fraction of sp³-hybridized carbons (Fsp3) is 0. The van der Waals surface area contributed by atoms with Crippen molar-refractivity contribution in [2.24, 2.45) is 0 Å². The van der Waals surface area contributed by atoms with Crippen LogP contribution in [0.25, 0.3) is 0 Å². The molecule has 0 heterocycles. The fourth-order valence-electron chi connectivity index (χ4n) is 0.834. The van der Waals surface area contributed by atoms with Gasteiger partial charge in [0.05, 0.1) is 15.9 Å². The molecule has 0 aliphatic rings. The number of carboxylic acid groups (broad SMARTS) is 1. The van der Waals surface area contributed by atoms with Crippen molar-refractivity contribution < 1.29 is 55.3 Å². The summed E-state index contributed by atoms with van der Waals surface area (Å²) in [6.45, 7) is 0. The normalized spacial score (nSPS) is 8.12. The van der Waals surface area contributed by atoms with Gasteiger partial charge in [-0.25, -0.2) is 0 Å². The predicted octanol–water partition coefficient (Wildman–Crippen LogP) is -2.08. The maximum atomic E-state index is 10.4. The number of carbonyl (C=O) groups excluding carboxylic acids is 1. The summed E-state index contributed by atoms with van der Waals surface area (Å²) in [7, 11) is 0. The van der Waals surface area contributed by atoms with Crippen molar-refractivity contribution in [2.75, 3.05) is 0 Å². The molecule has 1 aromatic rings. The second-order valence-corrected chi connectivity index (χ2v) is 3.14. The van der Waals surface area contributed by atoms with Gasteiger partial charge < -0.3 is 20.9 Å². The van der Waals surface area contributed by atoms with E-state index in [1.807, 2.05) is 0 Å². The van der Waals surface area contributed by atoms with Gasteiger partial charge in [0.15, 0.2) is 0 Å². The Labute approximate surface area is 127 Å². The third kappa shape index (κ3) is 5.17. The molecule has 0 aliphatic heterocycles. The maximum absolute atomic E-state index is 10.4. The van der Waals surface area contributed by atoms with E-state index in [4.69, 9.17) is 23.2 Å². The van der Waals surface area contributed by atoms with Crippen molar-refractivity contribution in [3.05, 3.63) is 37.9 Å². The first kappa shape index (κ1) is 21.8. The summed E-state index contributed by atoms with van der Waals surface area (Å²) >= 11 is 10.9. The van der Waals surface area contributed by atoms with E-state index >= 15 is 0 Å². The summed E-state index contributed by atoms with van der Waals surface area (Å²) in [5.74, 6) is -1.59. The molecule has 7 nitrogen and oxygen atoms in total. The van der Waals surface area contributed by atoms with E-state index in [1.54, 1.807) is 0 Å². The van der Waals surface area contributed by atoms with Gasteiger partial charge in [0.25, 0.3) is 5.69 Å². The van der Waals surface area contributed by atoms with Gasteiger partial charge in [-0.1, -0.05) is 23.2 Å². The molecule has 17 heavy (non-hydrogen) atoms. The fourth-order valence-corrected chi connectivity index (χ4v) is 1.36. The Bertz CT molecular complexity index is 392. The van der Waals surface area contributed by atoms with Gasteiger partial charge in [0.1, 0.15) is 5.02 Å². The molecule has 0 atom stereocenters. The number of carbonyl (C=O) groups is 1. The van der Waals surface area contributed by atoms with Crippen LogP contribution < -0.4 is 34.7 Å². The third-order valence-electron chi connectivity index (χ3n) is 1.45. The second-order valence-electron chi connectivity index (χ2n) is 2.33. The number of rotatable bonds is 2. The topological polar surface area (TPSA) is 143 Å². The van der Waals surface area contributed by atoms with Crippen LogP contribution in [0.4, 0.5) is 5.69 Å². The molecular weight excluding hydrogens is 288 g/mol. The van der Waals surface area contributed by atoms with Crippen LogP contribution >= 0.6 is 23.2 Å². The van der Waals surface area contributed by atoms with E-state index in [0.29, 0.717) is 0 Å². The van der Waals surface area contributed by atoms with Gasteiger partial charge in [-0.05, 0) is 6.07 Å². The second kappa shape index (κ2) is 8.65. The Hall–Kier alpha value is -0.410. The van der Waals surface area contributed by atoms with E-state index in [-0.39, 0.29) is 50.6 Å². The first-order valence-corrected chi connectivity index (χ1v) is 4.04. The average molecular weight is 292 g/mol. The van der Waals surface area contributed by atoms with Crippen molar-refractivity contribution in [2.45, 2.75) is 0 Å². The number of carboxylic acids is 1. The minimum Gasteiger partial charge on any atom is -0.870 e. The van der Waals surface area contributed by atoms with Gasteiger partial charge in [0, 0.05) is 11.6 Å². The van der Waals surface area contributed by atoms with E-state index in [9.17, 15) is 20.0 Å². The first-order chi connectivity index (χ1) is 6.43. The standard InChI is InChI=1S/C7H3Cl2NO4.Na.2H2O/c8-4-2-5(9)6(10(13)14)1-3(4)7(11)12;;;/h1-2H,(H,11,12);;2*1H2/q;+1;;/p-3. The third-order valence-corrected chi connectivity index (χ3v) is 2.07. The number of nitrogens with zero attached hydrogens (tertiary/aromatic N) is 1. The predicted molar refractivity (Wildman–Crippen MR) is 51.3 cm³/mol. The van der Waals surface area contributed by atoms with Crippen LogP contribution in [0, 0.1) is 10.1 Å². The Morgan fingerprint density at radius 1 is 1.18 bits per heavy atom.